The lowest BCUT2D eigenvalue weighted by Gasteiger charge is -2.34. The Balaban J connectivity index is 2.36. The summed E-state index contributed by atoms with van der Waals surface area (Å²) in [5.41, 5.74) is 2.79. The van der Waals surface area contributed by atoms with Gasteiger partial charge in [-0.05, 0) is 24.3 Å². The summed E-state index contributed by atoms with van der Waals surface area (Å²) in [4.78, 5) is 4.03. The standard InChI is InChI=1S/C12H20N4O2S/c1-9-5-10(2)8-16(7-9)19(17,18)12-6-14-4-3-11(12)15-13/h3-4,6,9-10H,5,7-8,13H2,1-2H3,(H,14,15). The van der Waals surface area contributed by atoms with Gasteiger partial charge in [-0.3, -0.25) is 10.8 Å². The SMILES string of the molecule is CC1CC(C)CN(S(=O)(=O)c2cnccc2NN)C1. The minimum absolute atomic E-state index is 0.138. The van der Waals surface area contributed by atoms with E-state index in [9.17, 15) is 8.42 Å². The molecule has 106 valence electrons. The van der Waals surface area contributed by atoms with Gasteiger partial charge in [0.05, 0.1) is 5.69 Å². The van der Waals surface area contributed by atoms with Gasteiger partial charge in [-0.2, -0.15) is 4.31 Å². The summed E-state index contributed by atoms with van der Waals surface area (Å²) >= 11 is 0. The Bertz CT molecular complexity index is 536. The highest BCUT2D eigenvalue weighted by atomic mass is 32.2. The molecule has 0 amide bonds. The molecule has 6 nitrogen and oxygen atoms in total. The molecule has 1 aliphatic heterocycles. The first-order valence-electron chi connectivity index (χ1n) is 6.36. The maximum Gasteiger partial charge on any atom is 0.246 e. The maximum absolute atomic E-state index is 12.6. The molecule has 1 saturated heterocycles. The second-order valence-electron chi connectivity index (χ2n) is 5.28. The maximum atomic E-state index is 12.6. The van der Waals surface area contributed by atoms with E-state index in [-0.39, 0.29) is 4.90 Å². The zero-order valence-corrected chi connectivity index (χ0v) is 12.0. The molecule has 3 N–H and O–H groups in total. The van der Waals surface area contributed by atoms with E-state index in [2.05, 4.69) is 24.3 Å². The van der Waals surface area contributed by atoms with E-state index in [0.717, 1.165) is 6.42 Å². The first kappa shape index (κ1) is 14.2. The highest BCUT2D eigenvalue weighted by molar-refractivity contribution is 7.89. The van der Waals surface area contributed by atoms with Crippen LogP contribution in [0.2, 0.25) is 0 Å². The van der Waals surface area contributed by atoms with E-state index < -0.39 is 10.0 Å². The van der Waals surface area contributed by atoms with E-state index in [1.54, 1.807) is 6.07 Å². The lowest BCUT2D eigenvalue weighted by Crippen LogP contribution is -2.42. The van der Waals surface area contributed by atoms with Crippen molar-refractivity contribution >= 4 is 15.7 Å². The number of anilines is 1. The van der Waals surface area contributed by atoms with Crippen LogP contribution in [0, 0.1) is 11.8 Å². The number of hydrogen-bond donors (Lipinski definition) is 2. The van der Waals surface area contributed by atoms with Gasteiger partial charge in [0.15, 0.2) is 0 Å². The van der Waals surface area contributed by atoms with Gasteiger partial charge < -0.3 is 5.43 Å². The molecule has 0 saturated carbocycles. The molecule has 0 spiro atoms. The lowest BCUT2D eigenvalue weighted by atomic mass is 9.94. The predicted molar refractivity (Wildman–Crippen MR) is 73.8 cm³/mol. The van der Waals surface area contributed by atoms with Gasteiger partial charge in [0.25, 0.3) is 0 Å². The normalized spacial score (nSPS) is 25.2. The molecule has 7 heteroatoms. The van der Waals surface area contributed by atoms with Crippen molar-refractivity contribution in [3.05, 3.63) is 18.5 Å². The molecule has 0 aliphatic carbocycles. The average Bonchev–Trinajstić information content (AvgIpc) is 2.37. The first-order chi connectivity index (χ1) is 8.95. The van der Waals surface area contributed by atoms with Crippen molar-refractivity contribution in [2.75, 3.05) is 18.5 Å². The van der Waals surface area contributed by atoms with Crippen molar-refractivity contribution in [3.8, 4) is 0 Å². The quantitative estimate of drug-likeness (QED) is 0.639. The zero-order chi connectivity index (χ0) is 14.0. The van der Waals surface area contributed by atoms with E-state index in [1.165, 1.54) is 16.7 Å². The molecule has 2 rings (SSSR count). The van der Waals surface area contributed by atoms with Gasteiger partial charge in [0.2, 0.25) is 10.0 Å². The van der Waals surface area contributed by atoms with Crippen molar-refractivity contribution in [1.29, 1.82) is 0 Å². The number of piperidine rings is 1. The molecule has 0 aromatic carbocycles. The van der Waals surface area contributed by atoms with Crippen LogP contribution in [0.4, 0.5) is 5.69 Å². The van der Waals surface area contributed by atoms with Crippen LogP contribution in [-0.2, 0) is 10.0 Å². The number of aromatic nitrogens is 1. The minimum Gasteiger partial charge on any atom is -0.323 e. The summed E-state index contributed by atoms with van der Waals surface area (Å²) in [6.07, 6.45) is 3.91. The lowest BCUT2D eigenvalue weighted by molar-refractivity contribution is 0.222. The van der Waals surface area contributed by atoms with Crippen molar-refractivity contribution in [2.24, 2.45) is 17.7 Å². The van der Waals surface area contributed by atoms with Crippen molar-refractivity contribution in [2.45, 2.75) is 25.2 Å². The Hall–Kier alpha value is -1.18. The van der Waals surface area contributed by atoms with Crippen molar-refractivity contribution in [3.63, 3.8) is 0 Å². The Morgan fingerprint density at radius 3 is 2.58 bits per heavy atom. The van der Waals surface area contributed by atoms with Crippen molar-refractivity contribution < 1.29 is 8.42 Å². The Morgan fingerprint density at radius 2 is 2.00 bits per heavy atom. The van der Waals surface area contributed by atoms with Gasteiger partial charge in [0, 0.05) is 25.5 Å². The summed E-state index contributed by atoms with van der Waals surface area (Å²) in [6, 6.07) is 1.56. The minimum atomic E-state index is -3.54. The van der Waals surface area contributed by atoms with E-state index in [4.69, 9.17) is 5.84 Å². The predicted octanol–water partition coefficient (Wildman–Crippen LogP) is 1.03. The zero-order valence-electron chi connectivity index (χ0n) is 11.2. The summed E-state index contributed by atoms with van der Waals surface area (Å²) in [7, 11) is -3.54. The fraction of sp³-hybridized carbons (Fsp3) is 0.583. The number of nitrogen functional groups attached to an aromatic ring is 1. The van der Waals surface area contributed by atoms with Crippen LogP contribution in [0.3, 0.4) is 0 Å². The molecule has 1 aliphatic rings. The van der Waals surface area contributed by atoms with Crippen LogP contribution in [0.15, 0.2) is 23.4 Å². The molecule has 1 fully saturated rings. The highest BCUT2D eigenvalue weighted by Gasteiger charge is 2.33. The number of hydrazine groups is 1. The third-order valence-corrected chi connectivity index (χ3v) is 5.25. The highest BCUT2D eigenvalue weighted by Crippen LogP contribution is 2.29. The van der Waals surface area contributed by atoms with Gasteiger partial charge in [-0.25, -0.2) is 8.42 Å². The van der Waals surface area contributed by atoms with Gasteiger partial charge in [0.1, 0.15) is 4.90 Å². The molecule has 2 atom stereocenters. The Kier molecular flexibility index (Phi) is 4.07. The third kappa shape index (κ3) is 2.88. The molecule has 0 radical (unpaired) electrons. The van der Waals surface area contributed by atoms with Crippen molar-refractivity contribution in [1.82, 2.24) is 9.29 Å². The van der Waals surface area contributed by atoms with E-state index in [0.29, 0.717) is 30.6 Å². The van der Waals surface area contributed by atoms with Gasteiger partial charge in [-0.1, -0.05) is 13.8 Å². The smallest absolute Gasteiger partial charge is 0.246 e. The molecule has 2 unspecified atom stereocenters. The summed E-state index contributed by atoms with van der Waals surface area (Å²) < 4.78 is 26.8. The third-order valence-electron chi connectivity index (χ3n) is 3.39. The number of rotatable bonds is 3. The molecule has 1 aromatic rings. The van der Waals surface area contributed by atoms with Crippen LogP contribution in [0.1, 0.15) is 20.3 Å². The number of nitrogens with one attached hydrogen (secondary N) is 1. The second kappa shape index (κ2) is 5.44. The fourth-order valence-electron chi connectivity index (χ4n) is 2.65. The van der Waals surface area contributed by atoms with E-state index in [1.807, 2.05) is 0 Å². The van der Waals surface area contributed by atoms with Crippen LogP contribution in [-0.4, -0.2) is 30.8 Å². The van der Waals surface area contributed by atoms with Crippen LogP contribution in [0.5, 0.6) is 0 Å². The monoisotopic (exact) mass is 284 g/mol. The first-order valence-corrected chi connectivity index (χ1v) is 7.80. The second-order valence-corrected chi connectivity index (χ2v) is 7.19. The molecule has 1 aromatic heterocycles. The molecule has 2 heterocycles. The Labute approximate surface area is 114 Å². The largest absolute Gasteiger partial charge is 0.323 e. The average molecular weight is 284 g/mol. The number of hydrogen-bond acceptors (Lipinski definition) is 5. The van der Waals surface area contributed by atoms with Gasteiger partial charge >= 0.3 is 0 Å². The fourth-order valence-corrected chi connectivity index (χ4v) is 4.42. The van der Waals surface area contributed by atoms with Crippen LogP contribution < -0.4 is 11.3 Å². The summed E-state index contributed by atoms with van der Waals surface area (Å²) in [5.74, 6) is 6.10. The Morgan fingerprint density at radius 1 is 1.37 bits per heavy atom. The number of nitrogens with two attached hydrogens (primary N) is 1. The van der Waals surface area contributed by atoms with Gasteiger partial charge in [-0.15, -0.1) is 0 Å². The summed E-state index contributed by atoms with van der Waals surface area (Å²) in [6.45, 7) is 5.24. The number of nitrogens with zero attached hydrogens (tertiary/aromatic N) is 2. The number of sulfonamides is 1. The van der Waals surface area contributed by atoms with Crippen LogP contribution in [0.25, 0.3) is 0 Å². The molecular weight excluding hydrogens is 264 g/mol. The van der Waals surface area contributed by atoms with E-state index >= 15 is 0 Å². The molecule has 19 heavy (non-hydrogen) atoms. The summed E-state index contributed by atoms with van der Waals surface area (Å²) in [5, 5.41) is 0. The number of pyridine rings is 1. The topological polar surface area (TPSA) is 88.3 Å². The molecule has 0 bridgehead atoms. The van der Waals surface area contributed by atoms with Crippen LogP contribution >= 0.6 is 0 Å². The molecular formula is C12H20N4O2S.